The summed E-state index contributed by atoms with van der Waals surface area (Å²) >= 11 is 0. The molecule has 2 fully saturated rings. The molecule has 3 rings (SSSR count). The fourth-order valence-electron chi connectivity index (χ4n) is 4.50. The Morgan fingerprint density at radius 3 is 2.38 bits per heavy atom. The second-order valence-electron chi connectivity index (χ2n) is 7.28. The molecule has 3 aliphatic rings. The van der Waals surface area contributed by atoms with Crippen molar-refractivity contribution in [1.82, 2.24) is 0 Å². The van der Waals surface area contributed by atoms with Crippen LogP contribution < -0.4 is 0 Å². The van der Waals surface area contributed by atoms with Gasteiger partial charge in [0.2, 0.25) is 0 Å². The van der Waals surface area contributed by atoms with E-state index >= 15 is 0 Å². The van der Waals surface area contributed by atoms with Crippen LogP contribution in [0.4, 0.5) is 0 Å². The molecular formula is C15H24O. The van der Waals surface area contributed by atoms with E-state index in [2.05, 4.69) is 39.8 Å². The Balaban J connectivity index is 2.12. The molecular weight excluding hydrogens is 196 g/mol. The van der Waals surface area contributed by atoms with Gasteiger partial charge >= 0.3 is 0 Å². The van der Waals surface area contributed by atoms with E-state index in [0.29, 0.717) is 5.41 Å². The van der Waals surface area contributed by atoms with E-state index in [4.69, 9.17) is 4.74 Å². The maximum absolute atomic E-state index is 6.58. The number of fused-ring (bicyclic) bond motifs is 1. The average molecular weight is 220 g/mol. The third-order valence-corrected chi connectivity index (χ3v) is 5.67. The molecule has 2 bridgehead atoms. The Bertz CT molecular complexity index is 356. The van der Waals surface area contributed by atoms with Gasteiger partial charge in [0.15, 0.2) is 0 Å². The normalized spacial score (nSPS) is 53.8. The Morgan fingerprint density at radius 2 is 1.62 bits per heavy atom. The molecule has 2 heterocycles. The van der Waals surface area contributed by atoms with Crippen molar-refractivity contribution in [3.63, 3.8) is 0 Å². The van der Waals surface area contributed by atoms with Gasteiger partial charge < -0.3 is 4.74 Å². The van der Waals surface area contributed by atoms with Gasteiger partial charge in [0, 0.05) is 5.41 Å². The SMILES string of the molecule is CC1(C)CCC[C@@]2(C)CC[C@@]3(C)C=C[C@]12O3. The molecule has 90 valence electrons. The zero-order chi connectivity index (χ0) is 11.7. The van der Waals surface area contributed by atoms with Crippen molar-refractivity contribution in [2.24, 2.45) is 10.8 Å². The van der Waals surface area contributed by atoms with Crippen LogP contribution in [0.1, 0.15) is 59.8 Å². The number of hydrogen-bond donors (Lipinski definition) is 0. The van der Waals surface area contributed by atoms with Gasteiger partial charge in [0.05, 0.1) is 11.2 Å². The van der Waals surface area contributed by atoms with E-state index in [9.17, 15) is 0 Å². The fourth-order valence-corrected chi connectivity index (χ4v) is 4.50. The summed E-state index contributed by atoms with van der Waals surface area (Å²) in [7, 11) is 0. The van der Waals surface area contributed by atoms with Crippen molar-refractivity contribution >= 4 is 0 Å². The van der Waals surface area contributed by atoms with Crippen molar-refractivity contribution in [3.8, 4) is 0 Å². The molecule has 0 amide bonds. The van der Waals surface area contributed by atoms with Crippen LogP contribution in [-0.4, -0.2) is 11.2 Å². The van der Waals surface area contributed by atoms with E-state index in [1.165, 1.54) is 32.1 Å². The summed E-state index contributed by atoms with van der Waals surface area (Å²) in [5.41, 5.74) is 0.676. The molecule has 16 heavy (non-hydrogen) atoms. The van der Waals surface area contributed by atoms with E-state index in [1.54, 1.807) is 0 Å². The van der Waals surface area contributed by atoms with Gasteiger partial charge in [-0.15, -0.1) is 0 Å². The Morgan fingerprint density at radius 1 is 0.875 bits per heavy atom. The first-order valence-corrected chi connectivity index (χ1v) is 6.73. The summed E-state index contributed by atoms with van der Waals surface area (Å²) in [5.74, 6) is 0. The molecule has 1 aliphatic carbocycles. The largest absolute Gasteiger partial charge is 0.360 e. The van der Waals surface area contributed by atoms with Gasteiger partial charge in [-0.2, -0.15) is 0 Å². The summed E-state index contributed by atoms with van der Waals surface area (Å²) in [5, 5.41) is 0. The highest BCUT2D eigenvalue weighted by molar-refractivity contribution is 5.30. The average Bonchev–Trinajstić information content (AvgIpc) is 2.50. The van der Waals surface area contributed by atoms with Crippen LogP contribution in [0.2, 0.25) is 0 Å². The molecule has 1 saturated carbocycles. The summed E-state index contributed by atoms with van der Waals surface area (Å²) < 4.78 is 6.58. The second kappa shape index (κ2) is 2.75. The quantitative estimate of drug-likeness (QED) is 0.559. The molecule has 1 nitrogen and oxygen atoms in total. The lowest BCUT2D eigenvalue weighted by Gasteiger charge is -2.61. The third kappa shape index (κ3) is 1.06. The topological polar surface area (TPSA) is 9.23 Å². The zero-order valence-corrected chi connectivity index (χ0v) is 11.1. The summed E-state index contributed by atoms with van der Waals surface area (Å²) in [6.45, 7) is 9.49. The van der Waals surface area contributed by atoms with Crippen LogP contribution in [0.3, 0.4) is 0 Å². The van der Waals surface area contributed by atoms with Crippen LogP contribution >= 0.6 is 0 Å². The number of ether oxygens (including phenoxy) is 1. The first-order valence-electron chi connectivity index (χ1n) is 6.73. The summed E-state index contributed by atoms with van der Waals surface area (Å²) in [6.07, 6.45) is 11.3. The van der Waals surface area contributed by atoms with Gasteiger partial charge in [-0.1, -0.05) is 39.3 Å². The van der Waals surface area contributed by atoms with Crippen molar-refractivity contribution in [2.45, 2.75) is 71.0 Å². The van der Waals surface area contributed by atoms with Gasteiger partial charge in [-0.25, -0.2) is 0 Å². The van der Waals surface area contributed by atoms with Gasteiger partial charge in [-0.05, 0) is 38.0 Å². The van der Waals surface area contributed by atoms with Gasteiger partial charge in [-0.3, -0.25) is 0 Å². The van der Waals surface area contributed by atoms with E-state index in [1.807, 2.05) is 0 Å². The maximum Gasteiger partial charge on any atom is 0.0979 e. The van der Waals surface area contributed by atoms with Crippen molar-refractivity contribution in [2.75, 3.05) is 0 Å². The predicted molar refractivity (Wildman–Crippen MR) is 66.3 cm³/mol. The Kier molecular flexibility index (Phi) is 1.86. The number of hydrogen-bond acceptors (Lipinski definition) is 1. The minimum absolute atomic E-state index is 0.00521. The molecule has 0 radical (unpaired) electrons. The standard InChI is InChI=1S/C15H24O/c1-12(2)6-5-7-13(3)8-9-14(4)10-11-15(12,13)16-14/h10-11H,5-9H2,1-4H3/t13-,14-,15-/m0/s1. The fraction of sp³-hybridized carbons (Fsp3) is 0.867. The Hall–Kier alpha value is -0.300. The summed E-state index contributed by atoms with van der Waals surface area (Å²) in [6, 6.07) is 0. The highest BCUT2D eigenvalue weighted by atomic mass is 16.5. The van der Waals surface area contributed by atoms with Gasteiger partial charge in [0.1, 0.15) is 0 Å². The highest BCUT2D eigenvalue weighted by Gasteiger charge is 2.65. The van der Waals surface area contributed by atoms with E-state index < -0.39 is 0 Å². The molecule has 1 spiro atoms. The second-order valence-corrected chi connectivity index (χ2v) is 7.28. The predicted octanol–water partition coefficient (Wildman–Crippen LogP) is 4.08. The lowest BCUT2D eigenvalue weighted by Crippen LogP contribution is -2.62. The first-order chi connectivity index (χ1) is 7.33. The molecule has 2 aliphatic heterocycles. The summed E-state index contributed by atoms with van der Waals surface area (Å²) in [4.78, 5) is 0. The van der Waals surface area contributed by atoms with Gasteiger partial charge in [0.25, 0.3) is 0 Å². The molecule has 3 atom stereocenters. The molecule has 1 heteroatoms. The molecule has 0 unspecified atom stereocenters. The Labute approximate surface area is 99.3 Å². The minimum atomic E-state index is 0.00521. The monoisotopic (exact) mass is 220 g/mol. The first kappa shape index (κ1) is 10.8. The number of rotatable bonds is 0. The lowest BCUT2D eigenvalue weighted by atomic mass is 9.51. The van der Waals surface area contributed by atoms with Crippen LogP contribution in [0.25, 0.3) is 0 Å². The molecule has 0 aromatic rings. The van der Waals surface area contributed by atoms with E-state index in [-0.39, 0.29) is 16.6 Å². The lowest BCUT2D eigenvalue weighted by molar-refractivity contribution is -0.248. The van der Waals surface area contributed by atoms with Crippen molar-refractivity contribution in [1.29, 1.82) is 0 Å². The minimum Gasteiger partial charge on any atom is -0.360 e. The third-order valence-electron chi connectivity index (χ3n) is 5.67. The molecule has 0 aromatic heterocycles. The van der Waals surface area contributed by atoms with E-state index in [0.717, 1.165) is 0 Å². The molecule has 0 N–H and O–H groups in total. The highest BCUT2D eigenvalue weighted by Crippen LogP contribution is 2.65. The molecule has 0 aromatic carbocycles. The zero-order valence-electron chi connectivity index (χ0n) is 11.1. The van der Waals surface area contributed by atoms with Crippen molar-refractivity contribution < 1.29 is 4.74 Å². The van der Waals surface area contributed by atoms with Crippen molar-refractivity contribution in [3.05, 3.63) is 12.2 Å². The van der Waals surface area contributed by atoms with Crippen LogP contribution in [-0.2, 0) is 4.74 Å². The molecule has 1 saturated heterocycles. The van der Waals surface area contributed by atoms with Crippen LogP contribution in [0, 0.1) is 10.8 Å². The van der Waals surface area contributed by atoms with Crippen LogP contribution in [0.15, 0.2) is 12.2 Å². The van der Waals surface area contributed by atoms with Crippen LogP contribution in [0.5, 0.6) is 0 Å². The maximum atomic E-state index is 6.58. The smallest absolute Gasteiger partial charge is 0.0979 e.